The van der Waals surface area contributed by atoms with E-state index >= 15 is 0 Å². The lowest BCUT2D eigenvalue weighted by Gasteiger charge is -2.31. The van der Waals surface area contributed by atoms with Gasteiger partial charge >= 0.3 is 0 Å². The third kappa shape index (κ3) is 3.47. The van der Waals surface area contributed by atoms with E-state index in [1.165, 1.54) is 21.6 Å². The fraction of sp³-hybridized carbons (Fsp3) is 0.304. The van der Waals surface area contributed by atoms with Crippen LogP contribution in [-0.2, 0) is 12.8 Å². The molecule has 1 atom stereocenters. The van der Waals surface area contributed by atoms with Crippen LogP contribution in [0.2, 0.25) is 0 Å². The average Bonchev–Trinajstić information content (AvgIpc) is 3.12. The van der Waals surface area contributed by atoms with Crippen molar-refractivity contribution in [1.29, 1.82) is 0 Å². The standard InChI is InChI=1S/C23H25NO2S/c1-15-18(11-13-27-15)22-21-17(14-20(26-2)23(22)25)10-12-24-19(21)9-8-16-6-4-3-5-7-16/h3-7,11,13-14,19,24-25H,8-10,12H2,1-2H3. The molecule has 0 fully saturated rings. The van der Waals surface area contributed by atoms with Crippen molar-refractivity contribution in [2.45, 2.75) is 32.2 Å². The zero-order valence-electron chi connectivity index (χ0n) is 15.8. The second-order valence-electron chi connectivity index (χ2n) is 7.05. The Bertz CT molecular complexity index is 933. The van der Waals surface area contributed by atoms with E-state index in [9.17, 15) is 5.11 Å². The second-order valence-corrected chi connectivity index (χ2v) is 8.17. The van der Waals surface area contributed by atoms with E-state index in [-0.39, 0.29) is 11.8 Å². The van der Waals surface area contributed by atoms with Gasteiger partial charge in [0.1, 0.15) is 0 Å². The number of methoxy groups -OCH3 is 1. The molecule has 1 unspecified atom stereocenters. The molecular weight excluding hydrogens is 354 g/mol. The average molecular weight is 380 g/mol. The molecule has 0 saturated heterocycles. The fourth-order valence-corrected chi connectivity index (χ4v) is 4.78. The molecule has 0 amide bonds. The third-order valence-electron chi connectivity index (χ3n) is 5.44. The minimum Gasteiger partial charge on any atom is -0.504 e. The van der Waals surface area contributed by atoms with Crippen molar-refractivity contribution in [2.75, 3.05) is 13.7 Å². The van der Waals surface area contributed by atoms with Gasteiger partial charge in [-0.15, -0.1) is 11.3 Å². The highest BCUT2D eigenvalue weighted by atomic mass is 32.1. The molecule has 2 N–H and O–H groups in total. The summed E-state index contributed by atoms with van der Waals surface area (Å²) in [7, 11) is 1.62. The Hall–Kier alpha value is -2.30. The lowest BCUT2D eigenvalue weighted by atomic mass is 9.84. The molecule has 4 rings (SSSR count). The summed E-state index contributed by atoms with van der Waals surface area (Å²) in [4.78, 5) is 1.22. The molecule has 27 heavy (non-hydrogen) atoms. The highest BCUT2D eigenvalue weighted by Gasteiger charge is 2.28. The summed E-state index contributed by atoms with van der Waals surface area (Å²) < 4.78 is 5.49. The van der Waals surface area contributed by atoms with Gasteiger partial charge in [-0.05, 0) is 72.5 Å². The number of rotatable bonds is 5. The lowest BCUT2D eigenvalue weighted by molar-refractivity contribution is 0.371. The molecule has 3 nitrogen and oxygen atoms in total. The van der Waals surface area contributed by atoms with Crippen LogP contribution in [0.5, 0.6) is 11.5 Å². The van der Waals surface area contributed by atoms with E-state index in [1.807, 2.05) is 6.07 Å². The Morgan fingerprint density at radius 3 is 2.74 bits per heavy atom. The molecule has 0 radical (unpaired) electrons. The predicted molar refractivity (Wildman–Crippen MR) is 112 cm³/mol. The van der Waals surface area contributed by atoms with Crippen molar-refractivity contribution in [1.82, 2.24) is 5.32 Å². The van der Waals surface area contributed by atoms with Gasteiger partial charge in [0.25, 0.3) is 0 Å². The summed E-state index contributed by atoms with van der Waals surface area (Å²) in [5.41, 5.74) is 5.91. The zero-order chi connectivity index (χ0) is 18.8. The van der Waals surface area contributed by atoms with Gasteiger partial charge in [-0.3, -0.25) is 0 Å². The quantitative estimate of drug-likeness (QED) is 0.635. The summed E-state index contributed by atoms with van der Waals surface area (Å²) in [6, 6.07) is 14.9. The molecule has 0 aliphatic carbocycles. The van der Waals surface area contributed by atoms with Gasteiger partial charge in [0.2, 0.25) is 0 Å². The van der Waals surface area contributed by atoms with Crippen LogP contribution >= 0.6 is 11.3 Å². The molecule has 0 bridgehead atoms. The maximum absolute atomic E-state index is 11.0. The summed E-state index contributed by atoms with van der Waals surface area (Å²) in [5, 5.41) is 16.8. The number of hydrogen-bond acceptors (Lipinski definition) is 4. The Labute approximate surface area is 164 Å². The van der Waals surface area contributed by atoms with Crippen molar-refractivity contribution in [3.63, 3.8) is 0 Å². The molecule has 2 aromatic carbocycles. The third-order valence-corrected chi connectivity index (χ3v) is 6.28. The molecule has 1 aliphatic heterocycles. The van der Waals surface area contributed by atoms with E-state index in [1.54, 1.807) is 18.4 Å². The van der Waals surface area contributed by atoms with E-state index in [2.05, 4.69) is 54.0 Å². The Balaban J connectivity index is 1.78. The minimum atomic E-state index is 0.222. The first kappa shape index (κ1) is 18.1. The molecule has 1 aliphatic rings. The smallest absolute Gasteiger partial charge is 0.166 e. The van der Waals surface area contributed by atoms with E-state index in [0.717, 1.165) is 36.9 Å². The second kappa shape index (κ2) is 7.75. The number of phenols is 1. The number of thiophene rings is 1. The van der Waals surface area contributed by atoms with Crippen LogP contribution in [0.15, 0.2) is 47.8 Å². The first-order valence-corrected chi connectivity index (χ1v) is 10.3. The normalized spacial score (nSPS) is 16.1. The van der Waals surface area contributed by atoms with Crippen LogP contribution in [-0.4, -0.2) is 18.8 Å². The largest absolute Gasteiger partial charge is 0.504 e. The van der Waals surface area contributed by atoms with Crippen molar-refractivity contribution >= 4 is 11.3 Å². The lowest BCUT2D eigenvalue weighted by Crippen LogP contribution is -2.31. The molecule has 0 saturated carbocycles. The topological polar surface area (TPSA) is 41.5 Å². The Morgan fingerprint density at radius 1 is 1.22 bits per heavy atom. The summed E-state index contributed by atoms with van der Waals surface area (Å²) in [6.07, 6.45) is 2.95. The van der Waals surface area contributed by atoms with Crippen LogP contribution in [0.25, 0.3) is 11.1 Å². The van der Waals surface area contributed by atoms with Gasteiger partial charge in [0, 0.05) is 16.5 Å². The maximum Gasteiger partial charge on any atom is 0.166 e. The molecular formula is C23H25NO2S. The minimum absolute atomic E-state index is 0.222. The monoisotopic (exact) mass is 379 g/mol. The number of ether oxygens (including phenoxy) is 1. The Kier molecular flexibility index (Phi) is 5.19. The summed E-state index contributed by atoms with van der Waals surface area (Å²) in [6.45, 7) is 3.06. The van der Waals surface area contributed by atoms with Crippen LogP contribution in [0.3, 0.4) is 0 Å². The van der Waals surface area contributed by atoms with Crippen molar-refractivity contribution in [3.05, 3.63) is 69.4 Å². The van der Waals surface area contributed by atoms with E-state index in [4.69, 9.17) is 4.74 Å². The SMILES string of the molecule is COc1cc2c(c(-c3ccsc3C)c1O)C(CCc1ccccc1)NCC2. The van der Waals surface area contributed by atoms with Gasteiger partial charge < -0.3 is 15.2 Å². The van der Waals surface area contributed by atoms with Crippen molar-refractivity contribution < 1.29 is 9.84 Å². The molecule has 140 valence electrons. The van der Waals surface area contributed by atoms with Crippen LogP contribution in [0.1, 0.15) is 34.0 Å². The van der Waals surface area contributed by atoms with Gasteiger partial charge in [-0.25, -0.2) is 0 Å². The highest BCUT2D eigenvalue weighted by molar-refractivity contribution is 7.10. The van der Waals surface area contributed by atoms with E-state index in [0.29, 0.717) is 5.75 Å². The van der Waals surface area contributed by atoms with Crippen LogP contribution < -0.4 is 10.1 Å². The van der Waals surface area contributed by atoms with Gasteiger partial charge in [-0.1, -0.05) is 30.3 Å². The summed E-state index contributed by atoms with van der Waals surface area (Å²) in [5.74, 6) is 0.823. The predicted octanol–water partition coefficient (Wildman–Crippen LogP) is 5.26. The van der Waals surface area contributed by atoms with Crippen molar-refractivity contribution in [2.24, 2.45) is 0 Å². The molecule has 1 aromatic heterocycles. The first-order chi connectivity index (χ1) is 13.2. The van der Waals surface area contributed by atoms with Crippen molar-refractivity contribution in [3.8, 4) is 22.6 Å². The van der Waals surface area contributed by atoms with Gasteiger partial charge in [0.05, 0.1) is 7.11 Å². The van der Waals surface area contributed by atoms with E-state index < -0.39 is 0 Å². The highest BCUT2D eigenvalue weighted by Crippen LogP contribution is 2.47. The number of hydrogen-bond donors (Lipinski definition) is 2. The van der Waals surface area contributed by atoms with Gasteiger partial charge in [0.15, 0.2) is 11.5 Å². The van der Waals surface area contributed by atoms with Crippen LogP contribution in [0, 0.1) is 6.92 Å². The number of aryl methyl sites for hydroxylation is 2. The Morgan fingerprint density at radius 2 is 2.04 bits per heavy atom. The number of nitrogens with one attached hydrogen (secondary N) is 1. The molecule has 4 heteroatoms. The number of aromatic hydroxyl groups is 1. The zero-order valence-corrected chi connectivity index (χ0v) is 16.6. The number of benzene rings is 2. The molecule has 0 spiro atoms. The number of phenolic OH excluding ortho intramolecular Hbond substituents is 1. The summed E-state index contributed by atoms with van der Waals surface area (Å²) >= 11 is 1.71. The number of fused-ring (bicyclic) bond motifs is 1. The molecule has 3 aromatic rings. The fourth-order valence-electron chi connectivity index (χ4n) is 4.08. The first-order valence-electron chi connectivity index (χ1n) is 9.43. The maximum atomic E-state index is 11.0. The van der Waals surface area contributed by atoms with Crippen LogP contribution in [0.4, 0.5) is 0 Å². The molecule has 2 heterocycles. The van der Waals surface area contributed by atoms with Gasteiger partial charge in [-0.2, -0.15) is 0 Å².